The summed E-state index contributed by atoms with van der Waals surface area (Å²) < 4.78 is 5.27. The van der Waals surface area contributed by atoms with Crippen molar-refractivity contribution >= 4 is 5.91 Å². The first kappa shape index (κ1) is 12.5. The van der Waals surface area contributed by atoms with E-state index in [1.54, 1.807) is 0 Å². The van der Waals surface area contributed by atoms with Gasteiger partial charge in [-0.15, -0.1) is 0 Å². The van der Waals surface area contributed by atoms with Crippen molar-refractivity contribution in [2.24, 2.45) is 11.7 Å². The lowest BCUT2D eigenvalue weighted by molar-refractivity contribution is -0.123. The summed E-state index contributed by atoms with van der Waals surface area (Å²) in [6.45, 7) is 6.12. The number of hydrogen-bond acceptors (Lipinski definition) is 3. The molecule has 0 aliphatic carbocycles. The number of carbonyl (C=O) groups is 1. The van der Waals surface area contributed by atoms with E-state index in [1.807, 2.05) is 6.92 Å². The molecule has 88 valence electrons. The van der Waals surface area contributed by atoms with E-state index in [0.29, 0.717) is 25.5 Å². The zero-order valence-electron chi connectivity index (χ0n) is 9.71. The summed E-state index contributed by atoms with van der Waals surface area (Å²) in [6, 6.07) is 0. The van der Waals surface area contributed by atoms with Crippen molar-refractivity contribution in [2.75, 3.05) is 19.8 Å². The predicted molar refractivity (Wildman–Crippen MR) is 59.4 cm³/mol. The zero-order chi connectivity index (χ0) is 11.3. The second-order valence-corrected chi connectivity index (χ2v) is 4.79. The van der Waals surface area contributed by atoms with E-state index in [4.69, 9.17) is 10.5 Å². The maximum absolute atomic E-state index is 11.6. The van der Waals surface area contributed by atoms with Gasteiger partial charge in [-0.25, -0.2) is 0 Å². The van der Waals surface area contributed by atoms with Crippen LogP contribution in [0, 0.1) is 5.92 Å². The van der Waals surface area contributed by atoms with Crippen LogP contribution in [0.4, 0.5) is 0 Å². The Labute approximate surface area is 91.5 Å². The van der Waals surface area contributed by atoms with Gasteiger partial charge in [0, 0.05) is 13.0 Å². The molecule has 0 aromatic carbocycles. The molecule has 0 radical (unpaired) electrons. The van der Waals surface area contributed by atoms with Crippen molar-refractivity contribution in [3.05, 3.63) is 0 Å². The zero-order valence-corrected chi connectivity index (χ0v) is 9.71. The second-order valence-electron chi connectivity index (χ2n) is 4.79. The lowest BCUT2D eigenvalue weighted by Crippen LogP contribution is -2.46. The first-order chi connectivity index (χ1) is 7.06. The molecule has 4 nitrogen and oxygen atoms in total. The van der Waals surface area contributed by atoms with E-state index in [9.17, 15) is 4.79 Å². The summed E-state index contributed by atoms with van der Waals surface area (Å²) in [7, 11) is 0. The number of nitrogens with one attached hydrogen (secondary N) is 1. The highest BCUT2D eigenvalue weighted by Gasteiger charge is 2.30. The predicted octanol–water partition coefficient (Wildman–Crippen LogP) is 0.657. The lowest BCUT2D eigenvalue weighted by atomic mass is 10.0. The molecule has 2 unspecified atom stereocenters. The van der Waals surface area contributed by atoms with Crippen LogP contribution in [-0.4, -0.2) is 31.2 Å². The summed E-state index contributed by atoms with van der Waals surface area (Å²) in [5.41, 5.74) is 5.35. The molecule has 1 saturated heterocycles. The van der Waals surface area contributed by atoms with Crippen LogP contribution in [0.5, 0.6) is 0 Å². The van der Waals surface area contributed by atoms with Crippen molar-refractivity contribution in [3.8, 4) is 0 Å². The topological polar surface area (TPSA) is 64.4 Å². The molecule has 0 aromatic rings. The molecular weight excluding hydrogens is 192 g/mol. The molecule has 0 spiro atoms. The number of amides is 1. The highest BCUT2D eigenvalue weighted by Crippen LogP contribution is 2.17. The van der Waals surface area contributed by atoms with Gasteiger partial charge in [0.15, 0.2) is 0 Å². The van der Waals surface area contributed by atoms with Crippen molar-refractivity contribution in [3.63, 3.8) is 0 Å². The molecule has 0 saturated carbocycles. The maximum atomic E-state index is 11.6. The Kier molecular flexibility index (Phi) is 4.54. The maximum Gasteiger partial charge on any atom is 0.220 e. The minimum atomic E-state index is -0.150. The largest absolute Gasteiger partial charge is 0.379 e. The van der Waals surface area contributed by atoms with Crippen LogP contribution in [0.3, 0.4) is 0 Å². The van der Waals surface area contributed by atoms with Crippen LogP contribution >= 0.6 is 0 Å². The molecule has 1 aliphatic heterocycles. The fraction of sp³-hybridized carbons (Fsp3) is 0.909. The van der Waals surface area contributed by atoms with E-state index in [1.165, 1.54) is 0 Å². The third-order valence-corrected chi connectivity index (χ3v) is 2.93. The average molecular weight is 214 g/mol. The van der Waals surface area contributed by atoms with E-state index in [2.05, 4.69) is 12.2 Å². The smallest absolute Gasteiger partial charge is 0.220 e. The van der Waals surface area contributed by atoms with Crippen LogP contribution in [0.25, 0.3) is 0 Å². The van der Waals surface area contributed by atoms with Crippen LogP contribution in [0.1, 0.15) is 33.1 Å². The first-order valence-corrected chi connectivity index (χ1v) is 5.64. The molecule has 1 fully saturated rings. The van der Waals surface area contributed by atoms with Crippen molar-refractivity contribution in [2.45, 2.75) is 38.6 Å². The molecule has 1 rings (SSSR count). The summed E-state index contributed by atoms with van der Waals surface area (Å²) in [4.78, 5) is 11.6. The fourth-order valence-electron chi connectivity index (χ4n) is 1.66. The van der Waals surface area contributed by atoms with Crippen LogP contribution in [0.15, 0.2) is 0 Å². The van der Waals surface area contributed by atoms with Gasteiger partial charge in [0.25, 0.3) is 0 Å². The van der Waals surface area contributed by atoms with Crippen molar-refractivity contribution in [1.82, 2.24) is 5.32 Å². The Hall–Kier alpha value is -0.610. The Bertz CT molecular complexity index is 213. The van der Waals surface area contributed by atoms with Gasteiger partial charge < -0.3 is 15.8 Å². The molecule has 0 bridgehead atoms. The standard InChI is InChI=1S/C11H22N2O2/c1-9(7-12)3-4-10(14)13-11(2)5-6-15-8-11/h9H,3-8,12H2,1-2H3,(H,13,14). The van der Waals surface area contributed by atoms with E-state index in [0.717, 1.165) is 19.4 Å². The minimum absolute atomic E-state index is 0.114. The van der Waals surface area contributed by atoms with E-state index < -0.39 is 0 Å². The Morgan fingerprint density at radius 2 is 2.40 bits per heavy atom. The average Bonchev–Trinajstić information content (AvgIpc) is 2.61. The molecule has 1 aliphatic rings. The molecule has 1 amide bonds. The quantitative estimate of drug-likeness (QED) is 0.706. The van der Waals surface area contributed by atoms with Crippen LogP contribution < -0.4 is 11.1 Å². The van der Waals surface area contributed by atoms with Gasteiger partial charge in [0.2, 0.25) is 5.91 Å². The van der Waals surface area contributed by atoms with Gasteiger partial charge in [0.1, 0.15) is 0 Å². The number of nitrogens with two attached hydrogens (primary N) is 1. The summed E-state index contributed by atoms with van der Waals surface area (Å²) in [5.74, 6) is 0.534. The van der Waals surface area contributed by atoms with Crippen molar-refractivity contribution < 1.29 is 9.53 Å². The molecule has 15 heavy (non-hydrogen) atoms. The lowest BCUT2D eigenvalue weighted by Gasteiger charge is -2.23. The van der Waals surface area contributed by atoms with Gasteiger partial charge >= 0.3 is 0 Å². The van der Waals surface area contributed by atoms with Gasteiger partial charge in [-0.2, -0.15) is 0 Å². The normalized spacial score (nSPS) is 27.7. The molecule has 1 heterocycles. The van der Waals surface area contributed by atoms with E-state index >= 15 is 0 Å². The second kappa shape index (κ2) is 5.47. The minimum Gasteiger partial charge on any atom is -0.379 e. The highest BCUT2D eigenvalue weighted by atomic mass is 16.5. The number of hydrogen-bond donors (Lipinski definition) is 2. The van der Waals surface area contributed by atoms with Crippen molar-refractivity contribution in [1.29, 1.82) is 0 Å². The van der Waals surface area contributed by atoms with Gasteiger partial charge in [-0.1, -0.05) is 6.92 Å². The number of rotatable bonds is 5. The van der Waals surface area contributed by atoms with Gasteiger partial charge in [-0.3, -0.25) is 4.79 Å². The summed E-state index contributed by atoms with van der Waals surface area (Å²) >= 11 is 0. The summed E-state index contributed by atoms with van der Waals surface area (Å²) in [5, 5.41) is 3.03. The Morgan fingerprint density at radius 1 is 1.67 bits per heavy atom. The molecule has 0 aromatic heterocycles. The monoisotopic (exact) mass is 214 g/mol. The van der Waals surface area contributed by atoms with Crippen LogP contribution in [-0.2, 0) is 9.53 Å². The molecule has 4 heteroatoms. The number of ether oxygens (including phenoxy) is 1. The Balaban J connectivity index is 2.23. The third-order valence-electron chi connectivity index (χ3n) is 2.93. The van der Waals surface area contributed by atoms with Gasteiger partial charge in [-0.05, 0) is 32.2 Å². The van der Waals surface area contributed by atoms with Gasteiger partial charge in [0.05, 0.1) is 12.1 Å². The first-order valence-electron chi connectivity index (χ1n) is 5.64. The molecule has 3 N–H and O–H groups in total. The molecular formula is C11H22N2O2. The summed E-state index contributed by atoms with van der Waals surface area (Å²) in [6.07, 6.45) is 2.33. The van der Waals surface area contributed by atoms with Crippen LogP contribution in [0.2, 0.25) is 0 Å². The fourth-order valence-corrected chi connectivity index (χ4v) is 1.66. The highest BCUT2D eigenvalue weighted by molar-refractivity contribution is 5.76. The third kappa shape index (κ3) is 4.18. The molecule has 2 atom stereocenters. The van der Waals surface area contributed by atoms with E-state index in [-0.39, 0.29) is 11.4 Å². The SMILES string of the molecule is CC(CN)CCC(=O)NC1(C)CCOC1. The number of carbonyl (C=O) groups excluding carboxylic acids is 1. The Morgan fingerprint density at radius 3 is 2.93 bits per heavy atom.